The van der Waals surface area contributed by atoms with Crippen LogP contribution in [0.25, 0.3) is 20.7 Å². The van der Waals surface area contributed by atoms with Gasteiger partial charge in [0.1, 0.15) is 4.83 Å². The lowest BCUT2D eigenvalue weighted by Gasteiger charge is -2.06. The molecule has 3 rings (SSSR count). The maximum atomic E-state index is 12.5. The lowest BCUT2D eigenvalue weighted by molar-refractivity contribution is -0.137. The fourth-order valence-corrected chi connectivity index (χ4v) is 2.84. The number of H-pyrrole nitrogens is 1. The van der Waals surface area contributed by atoms with Gasteiger partial charge in [0.15, 0.2) is 0 Å². The van der Waals surface area contributed by atoms with Gasteiger partial charge in [-0.3, -0.25) is 4.79 Å². The monoisotopic (exact) mass is 296 g/mol. The summed E-state index contributed by atoms with van der Waals surface area (Å²) in [6.07, 6.45) is -3.05. The van der Waals surface area contributed by atoms with Crippen molar-refractivity contribution in [1.29, 1.82) is 0 Å². The number of rotatable bonds is 1. The molecule has 1 aromatic carbocycles. The molecular weight excluding hydrogens is 289 g/mol. The van der Waals surface area contributed by atoms with Crippen molar-refractivity contribution in [3.63, 3.8) is 0 Å². The summed E-state index contributed by atoms with van der Waals surface area (Å²) in [6.45, 7) is 0. The first kappa shape index (κ1) is 12.9. The van der Waals surface area contributed by atoms with Crippen LogP contribution in [0, 0.1) is 0 Å². The highest BCUT2D eigenvalue weighted by Gasteiger charge is 2.30. The van der Waals surface area contributed by atoms with Crippen molar-refractivity contribution in [2.75, 3.05) is 0 Å². The number of aromatic amines is 1. The van der Waals surface area contributed by atoms with Crippen LogP contribution in [0.4, 0.5) is 13.2 Å². The van der Waals surface area contributed by atoms with E-state index in [9.17, 15) is 18.0 Å². The second-order valence-corrected chi connectivity index (χ2v) is 5.17. The molecule has 20 heavy (non-hydrogen) atoms. The quantitative estimate of drug-likeness (QED) is 0.744. The Bertz CT molecular complexity index is 818. The van der Waals surface area contributed by atoms with Crippen LogP contribution in [-0.2, 0) is 6.18 Å². The van der Waals surface area contributed by atoms with Gasteiger partial charge in [0.05, 0.1) is 17.3 Å². The van der Waals surface area contributed by atoms with E-state index in [4.69, 9.17) is 0 Å². The largest absolute Gasteiger partial charge is 0.416 e. The predicted molar refractivity (Wildman–Crippen MR) is 70.7 cm³/mol. The smallest absolute Gasteiger partial charge is 0.313 e. The van der Waals surface area contributed by atoms with Crippen LogP contribution in [-0.4, -0.2) is 9.97 Å². The molecule has 0 atom stereocenters. The minimum Gasteiger partial charge on any atom is -0.313 e. The lowest BCUT2D eigenvalue weighted by Crippen LogP contribution is -2.04. The number of aromatic nitrogens is 2. The molecule has 7 heteroatoms. The van der Waals surface area contributed by atoms with E-state index in [1.54, 1.807) is 6.07 Å². The van der Waals surface area contributed by atoms with E-state index in [1.807, 2.05) is 0 Å². The Morgan fingerprint density at radius 3 is 2.45 bits per heavy atom. The fourth-order valence-electron chi connectivity index (χ4n) is 1.83. The lowest BCUT2D eigenvalue weighted by atomic mass is 10.1. The van der Waals surface area contributed by atoms with Crippen LogP contribution in [0.15, 0.2) is 41.5 Å². The molecular formula is C13H7F3N2OS. The molecule has 0 saturated heterocycles. The Morgan fingerprint density at radius 1 is 1.15 bits per heavy atom. The molecule has 2 heterocycles. The first-order chi connectivity index (χ1) is 9.45. The van der Waals surface area contributed by atoms with Crippen molar-refractivity contribution in [1.82, 2.24) is 9.97 Å². The predicted octanol–water partition coefficient (Wildman–Crippen LogP) is 3.67. The van der Waals surface area contributed by atoms with Crippen LogP contribution in [0.1, 0.15) is 5.56 Å². The Morgan fingerprint density at radius 2 is 1.85 bits per heavy atom. The van der Waals surface area contributed by atoms with Crippen molar-refractivity contribution >= 4 is 21.6 Å². The highest BCUT2D eigenvalue weighted by Crippen LogP contribution is 2.34. The molecule has 0 bridgehead atoms. The topological polar surface area (TPSA) is 45.8 Å². The van der Waals surface area contributed by atoms with E-state index in [1.165, 1.54) is 29.8 Å². The van der Waals surface area contributed by atoms with Gasteiger partial charge in [0.25, 0.3) is 5.56 Å². The molecule has 0 aliphatic rings. The Labute approximate surface area is 114 Å². The summed E-state index contributed by atoms with van der Waals surface area (Å²) in [5.41, 5.74) is -0.330. The molecule has 0 unspecified atom stereocenters. The van der Waals surface area contributed by atoms with Gasteiger partial charge in [-0.2, -0.15) is 13.2 Å². The second-order valence-electron chi connectivity index (χ2n) is 4.14. The number of fused-ring (bicyclic) bond motifs is 1. The number of nitrogens with one attached hydrogen (secondary N) is 1. The molecule has 0 amide bonds. The standard InChI is InChI=1S/C13H7F3N2OS/c14-13(15,16)8-3-1-7(2-4-8)10-5-9-11(19)17-6-18-12(9)20-10/h1-6H,(H,17,18,19). The summed E-state index contributed by atoms with van der Waals surface area (Å²) in [7, 11) is 0. The molecule has 1 N–H and O–H groups in total. The summed E-state index contributed by atoms with van der Waals surface area (Å²) in [5.74, 6) is 0. The average Bonchev–Trinajstić information content (AvgIpc) is 2.83. The van der Waals surface area contributed by atoms with Crippen LogP contribution in [0.5, 0.6) is 0 Å². The molecule has 0 spiro atoms. The molecule has 3 aromatic rings. The molecule has 3 nitrogen and oxygen atoms in total. The third-order valence-electron chi connectivity index (χ3n) is 2.83. The maximum absolute atomic E-state index is 12.5. The van der Waals surface area contributed by atoms with Crippen molar-refractivity contribution < 1.29 is 13.2 Å². The van der Waals surface area contributed by atoms with Crippen LogP contribution < -0.4 is 5.56 Å². The van der Waals surface area contributed by atoms with Gasteiger partial charge in [-0.15, -0.1) is 11.3 Å². The van der Waals surface area contributed by atoms with Crippen LogP contribution in [0.3, 0.4) is 0 Å². The highest BCUT2D eigenvalue weighted by atomic mass is 32.1. The minimum absolute atomic E-state index is 0.260. The Balaban J connectivity index is 2.07. The molecule has 0 fully saturated rings. The van der Waals surface area contributed by atoms with Gasteiger partial charge in [0.2, 0.25) is 0 Å². The molecule has 0 aliphatic heterocycles. The van der Waals surface area contributed by atoms with Crippen LogP contribution in [0.2, 0.25) is 0 Å². The maximum Gasteiger partial charge on any atom is 0.416 e. The third-order valence-corrected chi connectivity index (χ3v) is 3.92. The van der Waals surface area contributed by atoms with Crippen molar-refractivity contribution in [3.8, 4) is 10.4 Å². The normalized spacial score (nSPS) is 11.9. The number of alkyl halides is 3. The number of hydrogen-bond acceptors (Lipinski definition) is 3. The average molecular weight is 296 g/mol. The zero-order chi connectivity index (χ0) is 14.3. The van der Waals surface area contributed by atoms with Gasteiger partial charge in [-0.05, 0) is 23.8 Å². The Kier molecular flexibility index (Phi) is 2.86. The van der Waals surface area contributed by atoms with E-state index in [-0.39, 0.29) is 5.56 Å². The molecule has 102 valence electrons. The number of thiophene rings is 1. The van der Waals surface area contributed by atoms with Gasteiger partial charge in [0, 0.05) is 4.88 Å². The van der Waals surface area contributed by atoms with Gasteiger partial charge >= 0.3 is 6.18 Å². The number of hydrogen-bond donors (Lipinski definition) is 1. The number of benzene rings is 1. The summed E-state index contributed by atoms with van der Waals surface area (Å²) in [5, 5.41) is 0.437. The SMILES string of the molecule is O=c1[nH]cnc2sc(-c3ccc(C(F)(F)F)cc3)cc12. The summed E-state index contributed by atoms with van der Waals surface area (Å²) in [6, 6.07) is 6.46. The van der Waals surface area contributed by atoms with Gasteiger partial charge in [-0.25, -0.2) is 4.98 Å². The molecule has 0 radical (unpaired) electrons. The molecule has 0 aliphatic carbocycles. The first-order valence-electron chi connectivity index (χ1n) is 5.60. The first-order valence-corrected chi connectivity index (χ1v) is 6.42. The zero-order valence-corrected chi connectivity index (χ0v) is 10.7. The molecule has 2 aromatic heterocycles. The zero-order valence-electron chi connectivity index (χ0n) is 9.86. The van der Waals surface area contributed by atoms with Gasteiger partial charge < -0.3 is 4.98 Å². The molecule has 0 saturated carbocycles. The Hall–Kier alpha value is -2.15. The van der Waals surface area contributed by atoms with Crippen molar-refractivity contribution in [3.05, 3.63) is 52.6 Å². The van der Waals surface area contributed by atoms with E-state index in [2.05, 4.69) is 9.97 Å². The van der Waals surface area contributed by atoms with E-state index in [0.29, 0.717) is 20.7 Å². The van der Waals surface area contributed by atoms with Crippen molar-refractivity contribution in [2.45, 2.75) is 6.18 Å². The van der Waals surface area contributed by atoms with Crippen LogP contribution >= 0.6 is 11.3 Å². The van der Waals surface area contributed by atoms with Gasteiger partial charge in [-0.1, -0.05) is 12.1 Å². The summed E-state index contributed by atoms with van der Waals surface area (Å²) < 4.78 is 37.5. The van der Waals surface area contributed by atoms with E-state index in [0.717, 1.165) is 12.1 Å². The summed E-state index contributed by atoms with van der Waals surface area (Å²) >= 11 is 1.27. The fraction of sp³-hybridized carbons (Fsp3) is 0.0769. The van der Waals surface area contributed by atoms with E-state index < -0.39 is 11.7 Å². The second kappa shape index (κ2) is 4.45. The van der Waals surface area contributed by atoms with Crippen molar-refractivity contribution in [2.24, 2.45) is 0 Å². The number of nitrogens with zero attached hydrogens (tertiary/aromatic N) is 1. The third kappa shape index (κ3) is 2.20. The minimum atomic E-state index is -4.35. The summed E-state index contributed by atoms with van der Waals surface area (Å²) in [4.78, 5) is 19.3. The number of halogens is 3. The highest BCUT2D eigenvalue weighted by molar-refractivity contribution is 7.21. The van der Waals surface area contributed by atoms with E-state index >= 15 is 0 Å².